The van der Waals surface area contributed by atoms with Crippen molar-refractivity contribution in [1.29, 1.82) is 0 Å². The van der Waals surface area contributed by atoms with Gasteiger partial charge in [-0.1, -0.05) is 18.2 Å². The molecule has 1 aromatic carbocycles. The molecule has 0 bridgehead atoms. The lowest BCUT2D eigenvalue weighted by atomic mass is 10.3. The van der Waals surface area contributed by atoms with Crippen molar-refractivity contribution in [3.05, 3.63) is 48.3 Å². The normalized spacial score (nSPS) is 11.7. The van der Waals surface area contributed by atoms with Crippen LogP contribution in [-0.4, -0.2) is 37.5 Å². The van der Waals surface area contributed by atoms with Crippen molar-refractivity contribution in [2.24, 2.45) is 0 Å². The number of rotatable bonds is 7. The molecule has 0 atom stereocenters. The summed E-state index contributed by atoms with van der Waals surface area (Å²) in [6, 6.07) is 9.82. The molecule has 7 heteroatoms. The van der Waals surface area contributed by atoms with E-state index in [4.69, 9.17) is 0 Å². The Balaban J connectivity index is 1.85. The minimum Gasteiger partial charge on any atom is -0.311 e. The van der Waals surface area contributed by atoms with E-state index in [1.165, 1.54) is 7.05 Å². The lowest BCUT2D eigenvalue weighted by Gasteiger charge is -2.03. The zero-order chi connectivity index (χ0) is 14.4. The molecule has 0 saturated carbocycles. The molecule has 0 radical (unpaired) electrons. The van der Waals surface area contributed by atoms with Crippen LogP contribution in [0, 0.1) is 0 Å². The predicted octanol–water partition coefficient (Wildman–Crippen LogP) is 0.511. The van der Waals surface area contributed by atoms with E-state index >= 15 is 0 Å². The fourth-order valence-corrected chi connectivity index (χ4v) is 2.33. The van der Waals surface area contributed by atoms with Crippen molar-refractivity contribution in [2.75, 3.05) is 19.3 Å². The Bertz CT molecular complexity index is 637. The van der Waals surface area contributed by atoms with Crippen LogP contribution in [0.5, 0.6) is 0 Å². The van der Waals surface area contributed by atoms with Crippen molar-refractivity contribution < 1.29 is 8.42 Å². The van der Waals surface area contributed by atoms with Gasteiger partial charge in [-0.3, -0.25) is 0 Å². The molecule has 0 amide bonds. The maximum absolute atomic E-state index is 11.2. The maximum atomic E-state index is 11.2. The Hall–Kier alpha value is -1.70. The van der Waals surface area contributed by atoms with Crippen LogP contribution in [0.1, 0.15) is 5.56 Å². The molecular weight excluding hydrogens is 276 g/mol. The van der Waals surface area contributed by atoms with Crippen LogP contribution in [0.3, 0.4) is 0 Å². The van der Waals surface area contributed by atoms with Gasteiger partial charge in [0.1, 0.15) is 0 Å². The standard InChI is InChI=1S/C13H18N4O2S/c1-14-20(18,19)8-7-15-9-12-10-16-17(11-12)13-5-3-2-4-6-13/h2-6,10-11,14-15H,7-9H2,1H3. The molecule has 0 aliphatic carbocycles. The Morgan fingerprint density at radius 2 is 2.00 bits per heavy atom. The lowest BCUT2D eigenvalue weighted by molar-refractivity contribution is 0.583. The Morgan fingerprint density at radius 1 is 1.25 bits per heavy atom. The monoisotopic (exact) mass is 294 g/mol. The molecule has 1 heterocycles. The third kappa shape index (κ3) is 4.16. The molecule has 2 rings (SSSR count). The minimum absolute atomic E-state index is 0.0658. The summed E-state index contributed by atoms with van der Waals surface area (Å²) >= 11 is 0. The van der Waals surface area contributed by atoms with E-state index < -0.39 is 10.0 Å². The van der Waals surface area contributed by atoms with Gasteiger partial charge in [-0.2, -0.15) is 5.10 Å². The van der Waals surface area contributed by atoms with Gasteiger partial charge in [0.25, 0.3) is 0 Å². The van der Waals surface area contributed by atoms with E-state index in [2.05, 4.69) is 15.1 Å². The number of hydrogen-bond donors (Lipinski definition) is 2. The van der Waals surface area contributed by atoms with Crippen molar-refractivity contribution in [3.63, 3.8) is 0 Å². The average molecular weight is 294 g/mol. The largest absolute Gasteiger partial charge is 0.311 e. The summed E-state index contributed by atoms with van der Waals surface area (Å²) in [5, 5.41) is 7.36. The van der Waals surface area contributed by atoms with E-state index in [-0.39, 0.29) is 5.75 Å². The van der Waals surface area contributed by atoms with Gasteiger partial charge in [0.15, 0.2) is 0 Å². The number of nitrogens with one attached hydrogen (secondary N) is 2. The van der Waals surface area contributed by atoms with Crippen LogP contribution in [0.25, 0.3) is 5.69 Å². The highest BCUT2D eigenvalue weighted by Gasteiger charge is 2.06. The number of nitrogens with zero attached hydrogens (tertiary/aromatic N) is 2. The van der Waals surface area contributed by atoms with Gasteiger partial charge in [-0.05, 0) is 19.2 Å². The zero-order valence-electron chi connectivity index (χ0n) is 11.3. The molecule has 6 nitrogen and oxygen atoms in total. The quantitative estimate of drug-likeness (QED) is 0.730. The molecule has 1 aromatic heterocycles. The van der Waals surface area contributed by atoms with Gasteiger partial charge in [-0.25, -0.2) is 17.8 Å². The highest BCUT2D eigenvalue weighted by atomic mass is 32.2. The Kier molecular flexibility index (Phi) is 4.89. The van der Waals surface area contributed by atoms with E-state index in [1.54, 1.807) is 10.9 Å². The molecule has 20 heavy (non-hydrogen) atoms. The van der Waals surface area contributed by atoms with Gasteiger partial charge in [0, 0.05) is 24.8 Å². The van der Waals surface area contributed by atoms with Crippen LogP contribution in [0.2, 0.25) is 0 Å². The van der Waals surface area contributed by atoms with Gasteiger partial charge < -0.3 is 5.32 Å². The summed E-state index contributed by atoms with van der Waals surface area (Å²) in [7, 11) is -1.73. The smallest absolute Gasteiger partial charge is 0.212 e. The minimum atomic E-state index is -3.15. The molecule has 0 saturated heterocycles. The average Bonchev–Trinajstić information content (AvgIpc) is 2.93. The number of para-hydroxylation sites is 1. The first kappa shape index (κ1) is 14.7. The summed E-state index contributed by atoms with van der Waals surface area (Å²) < 4.78 is 26.5. The molecule has 0 aliphatic heterocycles. The first-order chi connectivity index (χ1) is 9.61. The SMILES string of the molecule is CNS(=O)(=O)CCNCc1cnn(-c2ccccc2)c1. The number of sulfonamides is 1. The summed E-state index contributed by atoms with van der Waals surface area (Å²) in [5.41, 5.74) is 2.01. The van der Waals surface area contributed by atoms with Crippen LogP contribution < -0.4 is 10.0 Å². The van der Waals surface area contributed by atoms with Gasteiger partial charge in [-0.15, -0.1) is 0 Å². The fraction of sp³-hybridized carbons (Fsp3) is 0.308. The fourth-order valence-electron chi connectivity index (χ4n) is 1.71. The Morgan fingerprint density at radius 3 is 2.70 bits per heavy atom. The summed E-state index contributed by atoms with van der Waals surface area (Å²) in [4.78, 5) is 0. The second-order valence-electron chi connectivity index (χ2n) is 4.33. The van der Waals surface area contributed by atoms with E-state index in [0.717, 1.165) is 11.3 Å². The third-order valence-electron chi connectivity index (χ3n) is 2.84. The first-order valence-corrected chi connectivity index (χ1v) is 7.97. The lowest BCUT2D eigenvalue weighted by Crippen LogP contribution is -2.29. The molecule has 0 fully saturated rings. The molecule has 0 aliphatic rings. The van der Waals surface area contributed by atoms with E-state index in [9.17, 15) is 8.42 Å². The van der Waals surface area contributed by atoms with E-state index in [1.807, 2.05) is 36.5 Å². The maximum Gasteiger partial charge on any atom is 0.212 e. The van der Waals surface area contributed by atoms with Crippen molar-refractivity contribution in [3.8, 4) is 5.69 Å². The van der Waals surface area contributed by atoms with Gasteiger partial charge in [0.2, 0.25) is 10.0 Å². The predicted molar refractivity (Wildman–Crippen MR) is 78.1 cm³/mol. The topological polar surface area (TPSA) is 76.0 Å². The van der Waals surface area contributed by atoms with Gasteiger partial charge >= 0.3 is 0 Å². The highest BCUT2D eigenvalue weighted by Crippen LogP contribution is 2.07. The molecule has 0 spiro atoms. The summed E-state index contributed by atoms with van der Waals surface area (Å²) in [5.74, 6) is 0.0658. The van der Waals surface area contributed by atoms with Crippen molar-refractivity contribution in [2.45, 2.75) is 6.54 Å². The molecule has 0 unspecified atom stereocenters. The van der Waals surface area contributed by atoms with Crippen molar-refractivity contribution in [1.82, 2.24) is 19.8 Å². The van der Waals surface area contributed by atoms with E-state index in [0.29, 0.717) is 13.1 Å². The number of hydrogen-bond acceptors (Lipinski definition) is 4. The molecule has 108 valence electrons. The van der Waals surface area contributed by atoms with Gasteiger partial charge in [0.05, 0.1) is 17.6 Å². The number of benzene rings is 1. The number of aromatic nitrogens is 2. The molecule has 2 N–H and O–H groups in total. The second kappa shape index (κ2) is 6.65. The van der Waals surface area contributed by atoms with Crippen molar-refractivity contribution >= 4 is 10.0 Å². The zero-order valence-corrected chi connectivity index (χ0v) is 12.1. The summed E-state index contributed by atoms with van der Waals surface area (Å²) in [6.07, 6.45) is 3.70. The van der Waals surface area contributed by atoms with Crippen LogP contribution >= 0.6 is 0 Å². The third-order valence-corrected chi connectivity index (χ3v) is 4.21. The Labute approximate surface area is 118 Å². The highest BCUT2D eigenvalue weighted by molar-refractivity contribution is 7.89. The van der Waals surface area contributed by atoms with Crippen LogP contribution in [0.4, 0.5) is 0 Å². The first-order valence-electron chi connectivity index (χ1n) is 6.31. The van der Waals surface area contributed by atoms with Crippen LogP contribution in [0.15, 0.2) is 42.7 Å². The molecular formula is C13H18N4O2S. The summed E-state index contributed by atoms with van der Waals surface area (Å²) in [6.45, 7) is 0.992. The second-order valence-corrected chi connectivity index (χ2v) is 6.37. The van der Waals surface area contributed by atoms with Crippen LogP contribution in [-0.2, 0) is 16.6 Å². The molecule has 2 aromatic rings.